The van der Waals surface area contributed by atoms with Crippen molar-refractivity contribution in [2.45, 2.75) is 25.4 Å². The third kappa shape index (κ3) is 4.97. The van der Waals surface area contributed by atoms with Crippen molar-refractivity contribution in [3.05, 3.63) is 47.5 Å². The summed E-state index contributed by atoms with van der Waals surface area (Å²) in [6.45, 7) is 1.65. The van der Waals surface area contributed by atoms with E-state index in [9.17, 15) is 4.79 Å². The minimum Gasteiger partial charge on any atom is -0.497 e. The zero-order valence-corrected chi connectivity index (χ0v) is 18.1. The van der Waals surface area contributed by atoms with Crippen molar-refractivity contribution < 1.29 is 23.7 Å². The van der Waals surface area contributed by atoms with Gasteiger partial charge >= 0.3 is 0 Å². The Morgan fingerprint density at radius 1 is 0.967 bits per heavy atom. The Balaban J connectivity index is 1.62. The van der Waals surface area contributed by atoms with Crippen LogP contribution in [0.15, 0.2) is 36.4 Å². The number of carbonyl (C=O) groups excluding carboxylic acids is 1. The second kappa shape index (κ2) is 10.2. The second-order valence-corrected chi connectivity index (χ2v) is 7.20. The van der Waals surface area contributed by atoms with E-state index in [0.29, 0.717) is 24.6 Å². The van der Waals surface area contributed by atoms with Crippen LogP contribution < -0.4 is 24.3 Å². The lowest BCUT2D eigenvalue weighted by molar-refractivity contribution is -0.122. The van der Waals surface area contributed by atoms with Crippen LogP contribution in [0.1, 0.15) is 30.0 Å². The number of hydrogen-bond donors (Lipinski definition) is 1. The first-order valence-electron chi connectivity index (χ1n) is 10.0. The molecule has 1 fully saturated rings. The molecule has 1 aliphatic heterocycles. The van der Waals surface area contributed by atoms with Crippen LogP contribution in [-0.4, -0.2) is 52.3 Å². The van der Waals surface area contributed by atoms with Crippen LogP contribution in [0.2, 0.25) is 0 Å². The van der Waals surface area contributed by atoms with E-state index in [1.807, 2.05) is 36.4 Å². The van der Waals surface area contributed by atoms with Gasteiger partial charge in [0, 0.05) is 24.2 Å². The summed E-state index contributed by atoms with van der Waals surface area (Å²) in [7, 11) is 6.50. The molecule has 3 rings (SSSR count). The molecule has 30 heavy (non-hydrogen) atoms. The van der Waals surface area contributed by atoms with Crippen molar-refractivity contribution in [1.29, 1.82) is 0 Å². The van der Waals surface area contributed by atoms with Gasteiger partial charge in [-0.05, 0) is 43.1 Å². The van der Waals surface area contributed by atoms with Crippen LogP contribution in [0, 0.1) is 0 Å². The number of hydrogen-bond acceptors (Lipinski definition) is 6. The Hall–Kier alpha value is -2.93. The van der Waals surface area contributed by atoms with Crippen molar-refractivity contribution >= 4 is 5.91 Å². The van der Waals surface area contributed by atoms with Crippen LogP contribution >= 0.6 is 0 Å². The zero-order chi connectivity index (χ0) is 21.5. The molecule has 7 heteroatoms. The van der Waals surface area contributed by atoms with Crippen LogP contribution in [0.3, 0.4) is 0 Å². The van der Waals surface area contributed by atoms with Gasteiger partial charge in [-0.25, -0.2) is 0 Å². The number of rotatable bonds is 9. The molecule has 1 aliphatic rings. The second-order valence-electron chi connectivity index (χ2n) is 7.20. The van der Waals surface area contributed by atoms with E-state index in [1.54, 1.807) is 28.4 Å². The highest BCUT2D eigenvalue weighted by Gasteiger charge is 2.29. The minimum absolute atomic E-state index is 0.0100. The molecule has 2 aromatic carbocycles. The summed E-state index contributed by atoms with van der Waals surface area (Å²) < 4.78 is 21.4. The Kier molecular flexibility index (Phi) is 7.41. The number of amides is 1. The predicted molar refractivity (Wildman–Crippen MR) is 114 cm³/mol. The molecule has 162 valence electrons. The minimum atomic E-state index is -0.0100. The molecule has 1 amide bonds. The van der Waals surface area contributed by atoms with Gasteiger partial charge in [0.25, 0.3) is 0 Å². The molecule has 0 bridgehead atoms. The van der Waals surface area contributed by atoms with E-state index in [4.69, 9.17) is 18.9 Å². The third-order valence-electron chi connectivity index (χ3n) is 5.45. The Labute approximate surface area is 177 Å². The quantitative estimate of drug-likeness (QED) is 0.680. The fourth-order valence-corrected chi connectivity index (χ4v) is 3.89. The summed E-state index contributed by atoms with van der Waals surface area (Å²) in [6.07, 6.45) is 2.04. The zero-order valence-electron chi connectivity index (χ0n) is 18.1. The van der Waals surface area contributed by atoms with Crippen molar-refractivity contribution in [3.63, 3.8) is 0 Å². The lowest BCUT2D eigenvalue weighted by atomic mass is 10.0. The monoisotopic (exact) mass is 414 g/mol. The fraction of sp³-hybridized carbons (Fsp3) is 0.435. The van der Waals surface area contributed by atoms with Crippen LogP contribution in [-0.2, 0) is 11.3 Å². The summed E-state index contributed by atoms with van der Waals surface area (Å²) in [6, 6.07) is 11.6. The first-order chi connectivity index (χ1) is 14.6. The highest BCUT2D eigenvalue weighted by molar-refractivity contribution is 5.78. The number of likely N-dealkylation sites (tertiary alicyclic amines) is 1. The summed E-state index contributed by atoms with van der Waals surface area (Å²) >= 11 is 0. The number of nitrogens with zero attached hydrogens (tertiary/aromatic N) is 1. The molecule has 7 nitrogen and oxygen atoms in total. The van der Waals surface area contributed by atoms with Gasteiger partial charge in [0.1, 0.15) is 11.5 Å². The van der Waals surface area contributed by atoms with Crippen molar-refractivity contribution in [2.24, 2.45) is 0 Å². The maximum absolute atomic E-state index is 12.6. The number of methoxy groups -OCH3 is 4. The van der Waals surface area contributed by atoms with Gasteiger partial charge in [-0.3, -0.25) is 9.69 Å². The third-order valence-corrected chi connectivity index (χ3v) is 5.45. The molecule has 0 radical (unpaired) electrons. The molecule has 0 unspecified atom stereocenters. The maximum Gasteiger partial charge on any atom is 0.234 e. The van der Waals surface area contributed by atoms with E-state index >= 15 is 0 Å². The lowest BCUT2D eigenvalue weighted by Crippen LogP contribution is -2.36. The summed E-state index contributed by atoms with van der Waals surface area (Å²) in [5, 5.41) is 3.01. The van der Waals surface area contributed by atoms with Gasteiger partial charge in [-0.2, -0.15) is 0 Å². The Morgan fingerprint density at radius 3 is 2.43 bits per heavy atom. The van der Waals surface area contributed by atoms with Gasteiger partial charge in [0.2, 0.25) is 5.91 Å². The number of ether oxygens (including phenoxy) is 4. The van der Waals surface area contributed by atoms with Crippen molar-refractivity contribution in [2.75, 3.05) is 41.5 Å². The van der Waals surface area contributed by atoms with Gasteiger partial charge in [0.05, 0.1) is 35.0 Å². The summed E-state index contributed by atoms with van der Waals surface area (Å²) in [4.78, 5) is 14.8. The Morgan fingerprint density at radius 2 is 1.73 bits per heavy atom. The molecule has 0 spiro atoms. The lowest BCUT2D eigenvalue weighted by Gasteiger charge is -2.26. The van der Waals surface area contributed by atoms with Crippen LogP contribution in [0.4, 0.5) is 0 Å². The van der Waals surface area contributed by atoms with Crippen molar-refractivity contribution in [3.8, 4) is 23.0 Å². The molecule has 2 aromatic rings. The smallest absolute Gasteiger partial charge is 0.234 e. The Bertz CT molecular complexity index is 871. The molecule has 0 aromatic heterocycles. The highest BCUT2D eigenvalue weighted by atomic mass is 16.5. The molecule has 0 aliphatic carbocycles. The SMILES string of the molecule is COc1ccc([C@@H]2CCCN2CC(=O)NCc2ccc(OC)c(OC)c2)c(OC)c1. The van der Waals surface area contributed by atoms with E-state index in [-0.39, 0.29) is 11.9 Å². The molecule has 1 N–H and O–H groups in total. The first kappa shape index (κ1) is 21.8. The summed E-state index contributed by atoms with van der Waals surface area (Å²) in [5.41, 5.74) is 2.04. The molecular weight excluding hydrogens is 384 g/mol. The fourth-order valence-electron chi connectivity index (χ4n) is 3.89. The molecule has 1 heterocycles. The topological polar surface area (TPSA) is 69.3 Å². The van der Waals surface area contributed by atoms with E-state index < -0.39 is 0 Å². The van der Waals surface area contributed by atoms with Crippen LogP contribution in [0.25, 0.3) is 0 Å². The molecule has 1 atom stereocenters. The van der Waals surface area contributed by atoms with Crippen LogP contribution in [0.5, 0.6) is 23.0 Å². The van der Waals surface area contributed by atoms with Gasteiger partial charge in [-0.1, -0.05) is 12.1 Å². The number of nitrogens with one attached hydrogen (secondary N) is 1. The van der Waals surface area contributed by atoms with E-state index in [0.717, 1.165) is 42.0 Å². The van der Waals surface area contributed by atoms with Gasteiger partial charge in [0.15, 0.2) is 11.5 Å². The average Bonchev–Trinajstić information content (AvgIpc) is 3.24. The molecule has 1 saturated heterocycles. The predicted octanol–water partition coefficient (Wildman–Crippen LogP) is 3.17. The normalized spacial score (nSPS) is 16.2. The summed E-state index contributed by atoms with van der Waals surface area (Å²) in [5.74, 6) is 2.85. The standard InChI is InChI=1S/C23H30N2O5/c1-27-17-8-9-18(21(13-17)29-3)19-6-5-11-25(19)15-23(26)24-14-16-7-10-20(28-2)22(12-16)30-4/h7-10,12-13,19H,5-6,11,14-15H2,1-4H3,(H,24,26)/t19-/m0/s1. The van der Waals surface area contributed by atoms with Crippen molar-refractivity contribution in [1.82, 2.24) is 10.2 Å². The van der Waals surface area contributed by atoms with Gasteiger partial charge < -0.3 is 24.3 Å². The van der Waals surface area contributed by atoms with E-state index in [1.165, 1.54) is 0 Å². The maximum atomic E-state index is 12.6. The molecular formula is C23H30N2O5. The largest absolute Gasteiger partial charge is 0.497 e. The number of carbonyl (C=O) groups is 1. The highest BCUT2D eigenvalue weighted by Crippen LogP contribution is 2.38. The van der Waals surface area contributed by atoms with E-state index in [2.05, 4.69) is 10.2 Å². The number of benzene rings is 2. The van der Waals surface area contributed by atoms with Gasteiger partial charge in [-0.15, -0.1) is 0 Å². The average molecular weight is 415 g/mol. The first-order valence-corrected chi connectivity index (χ1v) is 10.0. The molecule has 0 saturated carbocycles.